The number of ether oxygens (including phenoxy) is 4. The number of nitrogens with zero attached hydrogens (tertiary/aromatic N) is 1. The quantitative estimate of drug-likeness (QED) is 0.199. The van der Waals surface area contributed by atoms with Crippen LogP contribution in [0, 0.1) is 29.6 Å². The van der Waals surface area contributed by atoms with E-state index in [1.807, 2.05) is 32.9 Å². The number of ketones is 2. The van der Waals surface area contributed by atoms with Gasteiger partial charge in [0.2, 0.25) is 5.79 Å². The van der Waals surface area contributed by atoms with Gasteiger partial charge in [0.1, 0.15) is 17.9 Å². The molecule has 0 spiro atoms. The standard InChI is InChI=1S/C42H67NO11/c1-9-30-19-25(3)18-24(2)13-16-35-37(52-8)21-27(5)42(50,54-35)39(47)40(48)43-17-11-10-12-31(43)41(49)53-38(28(6)33(45)23-34(30)46)26(4)20-29-14-15-32(44)36(22-29)51-7/h19-20,24,27-33,35-38,44-45,50H,9-18,21-23H2,1-8H3/b25-19+,26-20+/t24-,27-,28-,29+,30-,31+,32-,33+,35-,36-,37+,38-,42-/m1/s1. The third-order valence-electron chi connectivity index (χ3n) is 12.6. The summed E-state index contributed by atoms with van der Waals surface area (Å²) >= 11 is 0. The predicted molar refractivity (Wildman–Crippen MR) is 202 cm³/mol. The van der Waals surface area contributed by atoms with Gasteiger partial charge in [0, 0.05) is 44.9 Å². The van der Waals surface area contributed by atoms with Crippen LogP contribution in [-0.2, 0) is 38.1 Å². The summed E-state index contributed by atoms with van der Waals surface area (Å²) in [4.78, 5) is 57.3. The van der Waals surface area contributed by atoms with Gasteiger partial charge in [-0.3, -0.25) is 14.4 Å². The molecule has 12 nitrogen and oxygen atoms in total. The van der Waals surface area contributed by atoms with E-state index in [2.05, 4.69) is 6.92 Å². The van der Waals surface area contributed by atoms with Gasteiger partial charge in [0.25, 0.3) is 11.7 Å². The summed E-state index contributed by atoms with van der Waals surface area (Å²) in [6, 6.07) is -1.10. The van der Waals surface area contributed by atoms with Crippen LogP contribution in [0.3, 0.4) is 0 Å². The molecule has 1 amide bonds. The summed E-state index contributed by atoms with van der Waals surface area (Å²) in [6.07, 6.45) is 5.79. The van der Waals surface area contributed by atoms with E-state index in [0.717, 1.165) is 5.57 Å². The van der Waals surface area contributed by atoms with Crippen LogP contribution in [0.1, 0.15) is 119 Å². The van der Waals surface area contributed by atoms with Gasteiger partial charge < -0.3 is 39.2 Å². The van der Waals surface area contributed by atoms with E-state index >= 15 is 0 Å². The van der Waals surface area contributed by atoms with Gasteiger partial charge in [-0.1, -0.05) is 45.4 Å². The lowest BCUT2D eigenvalue weighted by atomic mass is 9.81. The first kappa shape index (κ1) is 44.2. The fraction of sp³-hybridized carbons (Fsp3) is 0.810. The molecule has 1 saturated carbocycles. The Bertz CT molecular complexity index is 1380. The molecule has 306 valence electrons. The summed E-state index contributed by atoms with van der Waals surface area (Å²) in [5, 5.41) is 33.9. The number of aliphatic hydroxyl groups is 3. The van der Waals surface area contributed by atoms with Crippen molar-refractivity contribution < 1.29 is 53.4 Å². The number of methoxy groups -OCH3 is 2. The van der Waals surface area contributed by atoms with E-state index in [4.69, 9.17) is 18.9 Å². The second kappa shape index (κ2) is 19.6. The molecule has 0 radical (unpaired) electrons. The second-order valence-electron chi connectivity index (χ2n) is 16.8. The number of fused-ring (bicyclic) bond motifs is 3. The first-order valence-corrected chi connectivity index (χ1v) is 20.3. The molecular weight excluding hydrogens is 694 g/mol. The number of allylic oxidation sites excluding steroid dienone is 3. The number of piperidine rings is 1. The molecule has 2 saturated heterocycles. The third-order valence-corrected chi connectivity index (χ3v) is 12.6. The van der Waals surface area contributed by atoms with Crippen molar-refractivity contribution in [2.75, 3.05) is 20.8 Å². The molecule has 3 N–H and O–H groups in total. The van der Waals surface area contributed by atoms with E-state index < -0.39 is 77.8 Å². The number of esters is 1. The molecule has 2 bridgehead atoms. The molecule has 0 aromatic carbocycles. The summed E-state index contributed by atoms with van der Waals surface area (Å²) < 4.78 is 23.7. The molecule has 54 heavy (non-hydrogen) atoms. The number of aliphatic hydroxyl groups excluding tert-OH is 2. The first-order valence-electron chi connectivity index (χ1n) is 20.3. The zero-order valence-corrected chi connectivity index (χ0v) is 33.8. The molecule has 3 heterocycles. The van der Waals surface area contributed by atoms with Crippen molar-refractivity contribution >= 4 is 23.4 Å². The lowest BCUT2D eigenvalue weighted by molar-refractivity contribution is -0.287. The molecule has 3 fully saturated rings. The van der Waals surface area contributed by atoms with E-state index in [1.165, 1.54) is 4.90 Å². The highest BCUT2D eigenvalue weighted by Gasteiger charge is 2.55. The van der Waals surface area contributed by atoms with Crippen molar-refractivity contribution in [1.82, 2.24) is 4.90 Å². The molecule has 12 heteroatoms. The van der Waals surface area contributed by atoms with E-state index in [9.17, 15) is 34.5 Å². The number of rotatable bonds is 5. The minimum absolute atomic E-state index is 0.0123. The van der Waals surface area contributed by atoms with Crippen molar-refractivity contribution in [2.45, 2.75) is 167 Å². The molecule has 4 rings (SSSR count). The number of cyclic esters (lactones) is 1. The van der Waals surface area contributed by atoms with Crippen molar-refractivity contribution in [1.29, 1.82) is 0 Å². The molecule has 13 atom stereocenters. The van der Waals surface area contributed by atoms with Crippen LogP contribution in [0.2, 0.25) is 0 Å². The molecule has 4 aliphatic rings. The van der Waals surface area contributed by atoms with Crippen molar-refractivity contribution in [3.63, 3.8) is 0 Å². The van der Waals surface area contributed by atoms with Gasteiger partial charge in [0.15, 0.2) is 0 Å². The Balaban J connectivity index is 1.73. The Morgan fingerprint density at radius 1 is 0.944 bits per heavy atom. The Kier molecular flexibility index (Phi) is 16.0. The van der Waals surface area contributed by atoms with Crippen molar-refractivity contribution in [3.05, 3.63) is 23.3 Å². The number of carbonyl (C=O) groups is 4. The van der Waals surface area contributed by atoms with Crippen LogP contribution >= 0.6 is 0 Å². The van der Waals surface area contributed by atoms with Gasteiger partial charge >= 0.3 is 5.97 Å². The Labute approximate surface area is 322 Å². The third kappa shape index (κ3) is 10.5. The van der Waals surface area contributed by atoms with Gasteiger partial charge in [-0.15, -0.1) is 0 Å². The SMILES string of the molecule is CC[C@@H]1/C=C(\C)C[C@H](C)CC[C@H]2O[C@@](O)(C(=O)C(=O)N3CCCC[C@H]3C(=O)O[C@H](/C(C)=C/[C@@H]3CC[C@@H](O)[C@H](OC)C3)[C@H](C)[C@@H](O)CC1=O)[C@H](C)C[C@@H]2OC. The van der Waals surface area contributed by atoms with E-state index in [0.29, 0.717) is 69.8 Å². The maximum atomic E-state index is 14.2. The molecule has 0 aromatic heterocycles. The lowest BCUT2D eigenvalue weighted by Gasteiger charge is -2.45. The average Bonchev–Trinajstić information content (AvgIpc) is 3.15. The monoisotopic (exact) mass is 761 g/mol. The second-order valence-corrected chi connectivity index (χ2v) is 16.8. The molecule has 0 unspecified atom stereocenters. The van der Waals surface area contributed by atoms with Crippen molar-refractivity contribution in [3.8, 4) is 0 Å². The maximum absolute atomic E-state index is 14.2. The summed E-state index contributed by atoms with van der Waals surface area (Å²) in [5.74, 6) is -6.98. The van der Waals surface area contributed by atoms with Gasteiger partial charge in [-0.2, -0.15) is 0 Å². The Hall–Kier alpha value is -2.48. The van der Waals surface area contributed by atoms with Crippen LogP contribution < -0.4 is 0 Å². The fourth-order valence-corrected chi connectivity index (χ4v) is 9.09. The topological polar surface area (TPSA) is 169 Å². The number of hydrogen-bond acceptors (Lipinski definition) is 11. The number of carbonyl (C=O) groups excluding carboxylic acids is 4. The van der Waals surface area contributed by atoms with Crippen LogP contribution in [-0.4, -0.2) is 113 Å². The van der Waals surface area contributed by atoms with E-state index in [1.54, 1.807) is 28.1 Å². The van der Waals surface area contributed by atoms with Crippen LogP contribution in [0.5, 0.6) is 0 Å². The molecular formula is C42H67NO11. The smallest absolute Gasteiger partial charge is 0.329 e. The Morgan fingerprint density at radius 3 is 2.31 bits per heavy atom. The molecule has 1 aliphatic carbocycles. The molecule has 3 aliphatic heterocycles. The highest BCUT2D eigenvalue weighted by molar-refractivity contribution is 6.39. The van der Waals surface area contributed by atoms with Crippen LogP contribution in [0.25, 0.3) is 0 Å². The lowest BCUT2D eigenvalue weighted by Crippen LogP contribution is -2.62. The average molecular weight is 762 g/mol. The van der Waals surface area contributed by atoms with Crippen molar-refractivity contribution in [2.24, 2.45) is 29.6 Å². The number of hydrogen-bond donors (Lipinski definition) is 3. The highest BCUT2D eigenvalue weighted by Crippen LogP contribution is 2.38. The predicted octanol–water partition coefficient (Wildman–Crippen LogP) is 4.85. The largest absolute Gasteiger partial charge is 0.456 e. The fourth-order valence-electron chi connectivity index (χ4n) is 9.09. The summed E-state index contributed by atoms with van der Waals surface area (Å²) in [5.41, 5.74) is 1.72. The molecule has 0 aromatic rings. The summed E-state index contributed by atoms with van der Waals surface area (Å²) in [7, 11) is 3.13. The zero-order chi connectivity index (χ0) is 39.9. The van der Waals surface area contributed by atoms with Crippen LogP contribution in [0.4, 0.5) is 0 Å². The summed E-state index contributed by atoms with van der Waals surface area (Å²) in [6.45, 7) is 11.4. The van der Waals surface area contributed by atoms with Crippen LogP contribution in [0.15, 0.2) is 23.3 Å². The minimum Gasteiger partial charge on any atom is -0.456 e. The minimum atomic E-state index is -2.40. The Morgan fingerprint density at radius 2 is 1.65 bits per heavy atom. The van der Waals surface area contributed by atoms with Gasteiger partial charge in [-0.05, 0) is 102 Å². The van der Waals surface area contributed by atoms with E-state index in [-0.39, 0.29) is 43.1 Å². The normalized spacial score (nSPS) is 41.3. The first-order chi connectivity index (χ1) is 25.5. The highest BCUT2D eigenvalue weighted by atomic mass is 16.7. The van der Waals surface area contributed by atoms with Gasteiger partial charge in [-0.25, -0.2) is 4.79 Å². The maximum Gasteiger partial charge on any atom is 0.329 e. The zero-order valence-electron chi connectivity index (χ0n) is 33.8. The number of Topliss-reactive ketones (excluding diaryl/α,β-unsaturated/α-hetero) is 2. The van der Waals surface area contributed by atoms with Gasteiger partial charge in [0.05, 0.1) is 30.5 Å². The number of amides is 1.